The van der Waals surface area contributed by atoms with Gasteiger partial charge in [-0.1, -0.05) is 36.4 Å². The molecular formula is C24H28N4O5. The Hall–Kier alpha value is -2.98. The maximum atomic E-state index is 13.2. The SMILES string of the molecule is CN1C[C@H]2O[C@H]([C@@H]3OC(C)(C)O[C@@H]32)N1C(=O)Nc1cccc(C(=O)NCc2ccccc2)c1. The smallest absolute Gasteiger partial charge is 0.338 e. The highest BCUT2D eigenvalue weighted by atomic mass is 16.8. The van der Waals surface area contributed by atoms with Gasteiger partial charge in [0.1, 0.15) is 18.3 Å². The Labute approximate surface area is 192 Å². The monoisotopic (exact) mass is 452 g/mol. The van der Waals surface area contributed by atoms with Gasteiger partial charge < -0.3 is 24.8 Å². The molecule has 2 aromatic carbocycles. The van der Waals surface area contributed by atoms with Crippen molar-refractivity contribution in [2.24, 2.45) is 0 Å². The summed E-state index contributed by atoms with van der Waals surface area (Å²) in [5.41, 5.74) is 1.99. The Morgan fingerprint density at radius 2 is 1.82 bits per heavy atom. The number of anilines is 1. The first-order valence-corrected chi connectivity index (χ1v) is 11.1. The van der Waals surface area contributed by atoms with E-state index in [9.17, 15) is 9.59 Å². The van der Waals surface area contributed by atoms with Gasteiger partial charge in [-0.25, -0.2) is 14.8 Å². The average molecular weight is 453 g/mol. The number of likely N-dealkylation sites (N-methyl/N-ethyl adjacent to an activating group) is 1. The standard InChI is InChI=1S/C24H28N4O5/c1-24(2)32-19-18-14-27(3)28(22(31-18)20(19)33-24)23(30)26-17-11-7-10-16(12-17)21(29)25-13-15-8-5-4-6-9-15/h4-12,18-20,22H,13-14H2,1-3H3,(H,25,29)(H,26,30)/t18-,19-,20-,22-/m1/s1. The number of urea groups is 1. The summed E-state index contributed by atoms with van der Waals surface area (Å²) in [7, 11) is 1.84. The number of nitrogens with one attached hydrogen (secondary N) is 2. The average Bonchev–Trinajstić information content (AvgIpc) is 3.24. The van der Waals surface area contributed by atoms with E-state index in [1.165, 1.54) is 5.01 Å². The predicted octanol–water partition coefficient (Wildman–Crippen LogP) is 2.56. The van der Waals surface area contributed by atoms with Gasteiger partial charge in [-0.05, 0) is 37.6 Å². The molecule has 0 saturated carbocycles. The molecule has 0 aromatic heterocycles. The lowest BCUT2D eigenvalue weighted by atomic mass is 10.1. The van der Waals surface area contributed by atoms with Gasteiger partial charge in [-0.15, -0.1) is 0 Å². The van der Waals surface area contributed by atoms with Gasteiger partial charge in [0.25, 0.3) is 5.91 Å². The van der Waals surface area contributed by atoms with Gasteiger partial charge in [0, 0.05) is 31.4 Å². The Balaban J connectivity index is 1.26. The zero-order chi connectivity index (χ0) is 23.2. The molecule has 3 aliphatic rings. The van der Waals surface area contributed by atoms with Crippen LogP contribution in [0.3, 0.4) is 0 Å². The van der Waals surface area contributed by atoms with Gasteiger partial charge in [0.2, 0.25) is 0 Å². The molecule has 0 radical (unpaired) electrons. The highest BCUT2D eigenvalue weighted by molar-refractivity contribution is 5.96. The lowest BCUT2D eigenvalue weighted by molar-refractivity contribution is -0.247. The minimum Gasteiger partial charge on any atom is -0.348 e. The molecule has 4 atom stereocenters. The van der Waals surface area contributed by atoms with Crippen molar-refractivity contribution in [2.45, 2.75) is 50.7 Å². The van der Waals surface area contributed by atoms with E-state index in [-0.39, 0.29) is 30.3 Å². The molecule has 0 aliphatic carbocycles. The van der Waals surface area contributed by atoms with Crippen LogP contribution in [-0.4, -0.2) is 65.9 Å². The van der Waals surface area contributed by atoms with Gasteiger partial charge in [-0.2, -0.15) is 0 Å². The fraction of sp³-hybridized carbons (Fsp3) is 0.417. The Kier molecular flexibility index (Phi) is 5.57. The number of fused-ring (bicyclic) bond motifs is 5. The van der Waals surface area contributed by atoms with Crippen molar-refractivity contribution in [3.05, 3.63) is 65.7 Å². The summed E-state index contributed by atoms with van der Waals surface area (Å²) in [4.78, 5) is 25.8. The summed E-state index contributed by atoms with van der Waals surface area (Å²) >= 11 is 0. The minimum absolute atomic E-state index is 0.160. The lowest BCUT2D eigenvalue weighted by Crippen LogP contribution is -2.59. The molecule has 3 heterocycles. The van der Waals surface area contributed by atoms with Crippen LogP contribution >= 0.6 is 0 Å². The number of hydrazine groups is 1. The molecule has 9 heteroatoms. The number of carbonyl (C=O) groups excluding carboxylic acids is 2. The van der Waals surface area contributed by atoms with Crippen LogP contribution in [0.5, 0.6) is 0 Å². The van der Waals surface area contributed by atoms with Crippen molar-refractivity contribution in [3.8, 4) is 0 Å². The summed E-state index contributed by atoms with van der Waals surface area (Å²) in [5, 5.41) is 9.13. The van der Waals surface area contributed by atoms with E-state index in [2.05, 4.69) is 10.6 Å². The van der Waals surface area contributed by atoms with Crippen LogP contribution in [-0.2, 0) is 20.8 Å². The maximum Gasteiger partial charge on any atom is 0.338 e. The highest BCUT2D eigenvalue weighted by Crippen LogP contribution is 2.42. The topological polar surface area (TPSA) is 92.4 Å². The molecule has 3 aliphatic heterocycles. The van der Waals surface area contributed by atoms with Crippen LogP contribution in [0.1, 0.15) is 29.8 Å². The number of nitrogens with zero attached hydrogens (tertiary/aromatic N) is 2. The number of amides is 3. The molecule has 0 unspecified atom stereocenters. The van der Waals surface area contributed by atoms with E-state index < -0.39 is 12.0 Å². The molecule has 2 aromatic rings. The third kappa shape index (κ3) is 4.32. The predicted molar refractivity (Wildman–Crippen MR) is 120 cm³/mol. The normalized spacial score (nSPS) is 27.8. The molecule has 2 bridgehead atoms. The largest absolute Gasteiger partial charge is 0.348 e. The molecule has 3 fully saturated rings. The van der Waals surface area contributed by atoms with Crippen molar-refractivity contribution in [1.29, 1.82) is 0 Å². The van der Waals surface area contributed by atoms with E-state index >= 15 is 0 Å². The van der Waals surface area contributed by atoms with Gasteiger partial charge in [0.05, 0.1) is 0 Å². The number of rotatable bonds is 4. The van der Waals surface area contributed by atoms with E-state index in [1.54, 1.807) is 24.3 Å². The second-order valence-electron chi connectivity index (χ2n) is 8.99. The number of benzene rings is 2. The zero-order valence-corrected chi connectivity index (χ0v) is 18.9. The zero-order valence-electron chi connectivity index (χ0n) is 18.9. The first-order valence-electron chi connectivity index (χ1n) is 11.1. The fourth-order valence-corrected chi connectivity index (χ4v) is 4.62. The number of hydrogen-bond donors (Lipinski definition) is 2. The summed E-state index contributed by atoms with van der Waals surface area (Å²) in [6.45, 7) is 4.66. The van der Waals surface area contributed by atoms with Crippen LogP contribution in [0.25, 0.3) is 0 Å². The van der Waals surface area contributed by atoms with Gasteiger partial charge in [0.15, 0.2) is 12.0 Å². The quantitative estimate of drug-likeness (QED) is 0.741. The summed E-state index contributed by atoms with van der Waals surface area (Å²) < 4.78 is 18.1. The van der Waals surface area contributed by atoms with Gasteiger partial charge >= 0.3 is 6.03 Å². The molecule has 5 rings (SSSR count). The van der Waals surface area contributed by atoms with E-state index in [4.69, 9.17) is 14.2 Å². The second kappa shape index (κ2) is 8.42. The number of ether oxygens (including phenoxy) is 3. The summed E-state index contributed by atoms with van der Waals surface area (Å²) in [6.07, 6.45) is -1.33. The second-order valence-corrected chi connectivity index (χ2v) is 8.99. The Morgan fingerprint density at radius 3 is 2.61 bits per heavy atom. The molecule has 9 nitrogen and oxygen atoms in total. The molecule has 33 heavy (non-hydrogen) atoms. The van der Waals surface area contributed by atoms with Crippen molar-refractivity contribution < 1.29 is 23.8 Å². The Morgan fingerprint density at radius 1 is 1.06 bits per heavy atom. The Bertz CT molecular complexity index is 1040. The van der Waals surface area contributed by atoms with Crippen LogP contribution in [0.15, 0.2) is 54.6 Å². The van der Waals surface area contributed by atoms with E-state index in [0.717, 1.165) is 5.56 Å². The lowest BCUT2D eigenvalue weighted by Gasteiger charge is -2.42. The molecular weight excluding hydrogens is 424 g/mol. The number of carbonyl (C=O) groups is 2. The molecule has 3 saturated heterocycles. The fourth-order valence-electron chi connectivity index (χ4n) is 4.62. The van der Waals surface area contributed by atoms with Crippen molar-refractivity contribution in [3.63, 3.8) is 0 Å². The van der Waals surface area contributed by atoms with Crippen LogP contribution in [0.2, 0.25) is 0 Å². The van der Waals surface area contributed by atoms with Crippen molar-refractivity contribution in [2.75, 3.05) is 18.9 Å². The van der Waals surface area contributed by atoms with Crippen molar-refractivity contribution >= 4 is 17.6 Å². The summed E-state index contributed by atoms with van der Waals surface area (Å²) in [6, 6.07) is 16.2. The third-order valence-electron chi connectivity index (χ3n) is 6.06. The highest BCUT2D eigenvalue weighted by Gasteiger charge is 2.61. The van der Waals surface area contributed by atoms with Crippen LogP contribution in [0.4, 0.5) is 10.5 Å². The summed E-state index contributed by atoms with van der Waals surface area (Å²) in [5.74, 6) is -0.927. The first kappa shape index (κ1) is 21.8. The third-order valence-corrected chi connectivity index (χ3v) is 6.06. The molecule has 2 N–H and O–H groups in total. The maximum absolute atomic E-state index is 13.2. The first-order chi connectivity index (χ1) is 15.8. The van der Waals surface area contributed by atoms with Crippen LogP contribution < -0.4 is 10.6 Å². The van der Waals surface area contributed by atoms with Gasteiger partial charge in [-0.3, -0.25) is 4.79 Å². The number of hydrogen-bond acceptors (Lipinski definition) is 6. The van der Waals surface area contributed by atoms with Crippen molar-refractivity contribution in [1.82, 2.24) is 15.3 Å². The van der Waals surface area contributed by atoms with E-state index in [1.807, 2.05) is 56.2 Å². The molecule has 174 valence electrons. The molecule has 0 spiro atoms. The van der Waals surface area contributed by atoms with E-state index in [0.29, 0.717) is 24.3 Å². The van der Waals surface area contributed by atoms with Crippen LogP contribution in [0, 0.1) is 0 Å². The molecule has 3 amide bonds. The minimum atomic E-state index is -0.713.